The average molecular weight is 346 g/mol. The summed E-state index contributed by atoms with van der Waals surface area (Å²) >= 11 is 2.52. The Morgan fingerprint density at radius 3 is 2.39 bits per heavy atom. The second-order valence-corrected chi connectivity index (χ2v) is 6.66. The molecule has 2 aliphatic rings. The normalized spacial score (nSPS) is 18.9. The monoisotopic (exact) mass is 346 g/mol. The van der Waals surface area contributed by atoms with Gasteiger partial charge in [0.05, 0.1) is 0 Å². The van der Waals surface area contributed by atoms with Crippen LogP contribution in [0.5, 0.6) is 0 Å². The maximum absolute atomic E-state index is 2.52. The van der Waals surface area contributed by atoms with Gasteiger partial charge in [-0.1, -0.05) is 49.2 Å². The lowest BCUT2D eigenvalue weighted by Gasteiger charge is -2.27. The van der Waals surface area contributed by atoms with Crippen LogP contribution in [0.15, 0.2) is 42.5 Å². The minimum Gasteiger partial charge on any atom is -0.0619 e. The van der Waals surface area contributed by atoms with E-state index in [1.807, 2.05) is 0 Å². The molecule has 0 nitrogen and oxygen atoms in total. The zero-order valence-corrected chi connectivity index (χ0v) is 12.4. The molecule has 0 bridgehead atoms. The number of hydrogen-bond acceptors (Lipinski definition) is 0. The molecule has 0 N–H and O–H groups in total. The third kappa shape index (κ3) is 1.26. The van der Waals surface area contributed by atoms with Crippen LogP contribution in [0, 0.1) is 3.57 Å². The van der Waals surface area contributed by atoms with Crippen LogP contribution in [0.4, 0.5) is 0 Å². The van der Waals surface area contributed by atoms with Crippen LogP contribution in [0.3, 0.4) is 0 Å². The smallest absolute Gasteiger partial charge is 0.0225 e. The topological polar surface area (TPSA) is 0 Å². The maximum Gasteiger partial charge on any atom is 0.0225 e. The SMILES string of the molecule is Ic1cccc2c1C1(CCCC1)c1ccccc1-2. The Balaban J connectivity index is 2.12. The van der Waals surface area contributed by atoms with Gasteiger partial charge < -0.3 is 0 Å². The lowest BCUT2D eigenvalue weighted by atomic mass is 9.77. The molecule has 1 spiro atoms. The fraction of sp³-hybridized carbons (Fsp3) is 0.294. The average Bonchev–Trinajstić information content (AvgIpc) is 2.98. The van der Waals surface area contributed by atoms with Crippen molar-refractivity contribution >= 4 is 22.6 Å². The third-order valence-corrected chi connectivity index (χ3v) is 5.58. The molecule has 0 amide bonds. The van der Waals surface area contributed by atoms with E-state index < -0.39 is 0 Å². The van der Waals surface area contributed by atoms with E-state index in [2.05, 4.69) is 65.1 Å². The van der Waals surface area contributed by atoms with Crippen molar-refractivity contribution in [1.82, 2.24) is 0 Å². The van der Waals surface area contributed by atoms with Crippen LogP contribution in [-0.4, -0.2) is 0 Å². The molecule has 4 rings (SSSR count). The van der Waals surface area contributed by atoms with Crippen molar-refractivity contribution in [2.75, 3.05) is 0 Å². The van der Waals surface area contributed by atoms with Crippen LogP contribution in [-0.2, 0) is 5.41 Å². The largest absolute Gasteiger partial charge is 0.0619 e. The summed E-state index contributed by atoms with van der Waals surface area (Å²) in [6, 6.07) is 15.8. The Hall–Kier alpha value is -0.830. The van der Waals surface area contributed by atoms with Crippen molar-refractivity contribution in [3.63, 3.8) is 0 Å². The Morgan fingerprint density at radius 1 is 0.833 bits per heavy atom. The van der Waals surface area contributed by atoms with Crippen LogP contribution in [0.1, 0.15) is 36.8 Å². The molecular weight excluding hydrogens is 331 g/mol. The quantitative estimate of drug-likeness (QED) is 0.580. The van der Waals surface area contributed by atoms with Crippen molar-refractivity contribution in [2.24, 2.45) is 0 Å². The highest BCUT2D eigenvalue weighted by Crippen LogP contribution is 2.57. The van der Waals surface area contributed by atoms with E-state index in [0.717, 1.165) is 0 Å². The summed E-state index contributed by atoms with van der Waals surface area (Å²) in [5.74, 6) is 0. The molecule has 0 radical (unpaired) electrons. The van der Waals surface area contributed by atoms with Gasteiger partial charge in [0.15, 0.2) is 0 Å². The molecule has 0 atom stereocenters. The van der Waals surface area contributed by atoms with Gasteiger partial charge in [-0.2, -0.15) is 0 Å². The van der Waals surface area contributed by atoms with Gasteiger partial charge in [-0.15, -0.1) is 0 Å². The molecule has 2 aromatic rings. The highest BCUT2D eigenvalue weighted by atomic mass is 127. The number of rotatable bonds is 0. The van der Waals surface area contributed by atoms with Gasteiger partial charge >= 0.3 is 0 Å². The molecule has 0 heterocycles. The summed E-state index contributed by atoms with van der Waals surface area (Å²) in [6.45, 7) is 0. The van der Waals surface area contributed by atoms with E-state index in [-0.39, 0.29) is 0 Å². The van der Waals surface area contributed by atoms with E-state index in [1.54, 1.807) is 11.1 Å². The lowest BCUT2D eigenvalue weighted by molar-refractivity contribution is 0.547. The molecule has 0 unspecified atom stereocenters. The summed E-state index contributed by atoms with van der Waals surface area (Å²) < 4.78 is 1.45. The first-order chi connectivity index (χ1) is 8.83. The van der Waals surface area contributed by atoms with Crippen LogP contribution < -0.4 is 0 Å². The third-order valence-electron chi connectivity index (χ3n) is 4.68. The summed E-state index contributed by atoms with van der Waals surface area (Å²) in [5.41, 5.74) is 6.50. The molecule has 1 heteroatoms. The fourth-order valence-corrected chi connectivity index (χ4v) is 5.02. The fourth-order valence-electron chi connectivity index (χ4n) is 4.00. The number of fused-ring (bicyclic) bond motifs is 5. The Labute approximate surface area is 122 Å². The highest BCUT2D eigenvalue weighted by molar-refractivity contribution is 14.1. The van der Waals surface area contributed by atoms with Crippen LogP contribution >= 0.6 is 22.6 Å². The van der Waals surface area contributed by atoms with E-state index in [4.69, 9.17) is 0 Å². The minimum absolute atomic E-state index is 0.337. The van der Waals surface area contributed by atoms with Crippen molar-refractivity contribution in [3.8, 4) is 11.1 Å². The van der Waals surface area contributed by atoms with Crippen molar-refractivity contribution in [1.29, 1.82) is 0 Å². The summed E-state index contributed by atoms with van der Waals surface area (Å²) in [7, 11) is 0. The Morgan fingerprint density at radius 2 is 1.56 bits per heavy atom. The molecule has 90 valence electrons. The molecule has 1 saturated carbocycles. The summed E-state index contributed by atoms with van der Waals surface area (Å²) in [4.78, 5) is 0. The second kappa shape index (κ2) is 3.83. The number of halogens is 1. The van der Waals surface area contributed by atoms with Gasteiger partial charge in [0, 0.05) is 8.99 Å². The first-order valence-electron chi connectivity index (χ1n) is 6.72. The van der Waals surface area contributed by atoms with Crippen LogP contribution in [0.2, 0.25) is 0 Å². The first kappa shape index (κ1) is 11.0. The predicted molar refractivity (Wildman–Crippen MR) is 83.8 cm³/mol. The number of benzene rings is 2. The van der Waals surface area contributed by atoms with Crippen molar-refractivity contribution in [2.45, 2.75) is 31.1 Å². The molecular formula is C17H15I. The molecule has 2 aromatic carbocycles. The van der Waals surface area contributed by atoms with Gasteiger partial charge in [-0.3, -0.25) is 0 Å². The summed E-state index contributed by atoms with van der Waals surface area (Å²) in [6.07, 6.45) is 5.41. The summed E-state index contributed by atoms with van der Waals surface area (Å²) in [5, 5.41) is 0. The molecule has 18 heavy (non-hydrogen) atoms. The Bertz CT molecular complexity index is 621. The second-order valence-electron chi connectivity index (χ2n) is 5.50. The minimum atomic E-state index is 0.337. The van der Waals surface area contributed by atoms with E-state index >= 15 is 0 Å². The van der Waals surface area contributed by atoms with Gasteiger partial charge in [0.2, 0.25) is 0 Å². The molecule has 1 fully saturated rings. The zero-order chi connectivity index (χ0) is 12.2. The molecule has 0 saturated heterocycles. The van der Waals surface area contributed by atoms with Gasteiger partial charge in [0.1, 0.15) is 0 Å². The maximum atomic E-state index is 2.52. The van der Waals surface area contributed by atoms with Crippen LogP contribution in [0.25, 0.3) is 11.1 Å². The van der Waals surface area contributed by atoms with Gasteiger partial charge in [-0.05, 0) is 63.8 Å². The van der Waals surface area contributed by atoms with E-state index in [9.17, 15) is 0 Å². The molecule has 2 aliphatic carbocycles. The zero-order valence-electron chi connectivity index (χ0n) is 10.2. The van der Waals surface area contributed by atoms with Gasteiger partial charge in [-0.25, -0.2) is 0 Å². The predicted octanol–water partition coefficient (Wildman–Crippen LogP) is 5.13. The standard InChI is InChI=1S/C17H15I/c18-15-9-5-7-13-12-6-1-2-8-14(12)17(16(13)15)10-3-4-11-17/h1-2,5-9H,3-4,10-11H2. The van der Waals surface area contributed by atoms with Crippen molar-refractivity contribution in [3.05, 3.63) is 57.2 Å². The number of hydrogen-bond donors (Lipinski definition) is 0. The molecule has 0 aromatic heterocycles. The van der Waals surface area contributed by atoms with E-state index in [0.29, 0.717) is 5.41 Å². The molecule has 0 aliphatic heterocycles. The van der Waals surface area contributed by atoms with E-state index in [1.165, 1.54) is 40.4 Å². The van der Waals surface area contributed by atoms with Crippen molar-refractivity contribution < 1.29 is 0 Å². The Kier molecular flexibility index (Phi) is 2.35. The first-order valence-corrected chi connectivity index (χ1v) is 7.80. The van der Waals surface area contributed by atoms with Gasteiger partial charge in [0.25, 0.3) is 0 Å². The highest BCUT2D eigenvalue weighted by Gasteiger charge is 2.45. The lowest BCUT2D eigenvalue weighted by Crippen LogP contribution is -2.21.